The van der Waals surface area contributed by atoms with Crippen molar-refractivity contribution in [1.29, 1.82) is 0 Å². The van der Waals surface area contributed by atoms with Crippen LogP contribution in [-0.4, -0.2) is 9.97 Å². The summed E-state index contributed by atoms with van der Waals surface area (Å²) in [6, 6.07) is 18.0. The predicted octanol–water partition coefficient (Wildman–Crippen LogP) is 10.0. The Balaban J connectivity index is 1.69. The van der Waals surface area contributed by atoms with Crippen LogP contribution in [0.25, 0.3) is 43.4 Å². The molecule has 0 aliphatic carbocycles. The SMILES string of the molecule is Cc1cc2c(C)c3ccc(Br)[nH]c3cc2c1C(C)(C)c1c(C)cc2c(C)c3ccc(Br)[nH]c3cc12. The summed E-state index contributed by atoms with van der Waals surface area (Å²) in [5.41, 5.74) is 10.3. The van der Waals surface area contributed by atoms with Gasteiger partial charge in [-0.2, -0.15) is 0 Å². The maximum Gasteiger partial charge on any atom is 0.0824 e. The molecule has 4 aromatic carbocycles. The molecular formula is C31H28Br2N2. The molecule has 176 valence electrons. The van der Waals surface area contributed by atoms with E-state index < -0.39 is 0 Å². The zero-order valence-electron chi connectivity index (χ0n) is 20.9. The Labute approximate surface area is 222 Å². The van der Waals surface area contributed by atoms with E-state index in [0.29, 0.717) is 0 Å². The smallest absolute Gasteiger partial charge is 0.0824 e. The van der Waals surface area contributed by atoms with E-state index in [0.717, 1.165) is 20.2 Å². The fourth-order valence-corrected chi connectivity index (χ4v) is 7.25. The highest BCUT2D eigenvalue weighted by atomic mass is 79.9. The van der Waals surface area contributed by atoms with E-state index >= 15 is 0 Å². The molecule has 0 atom stereocenters. The Morgan fingerprint density at radius 3 is 1.34 bits per heavy atom. The molecule has 6 aromatic rings. The van der Waals surface area contributed by atoms with Crippen molar-refractivity contribution in [3.05, 3.63) is 91.1 Å². The van der Waals surface area contributed by atoms with Crippen LogP contribution in [0.4, 0.5) is 0 Å². The lowest BCUT2D eigenvalue weighted by Gasteiger charge is -2.28. The minimum absolute atomic E-state index is 0.171. The van der Waals surface area contributed by atoms with Crippen LogP contribution in [0.5, 0.6) is 0 Å². The number of hydrogen-bond donors (Lipinski definition) is 2. The number of aromatic nitrogens is 2. The van der Waals surface area contributed by atoms with E-state index in [9.17, 15) is 0 Å². The average Bonchev–Trinajstić information content (AvgIpc) is 3.30. The van der Waals surface area contributed by atoms with Gasteiger partial charge in [0.2, 0.25) is 0 Å². The second kappa shape index (κ2) is 7.72. The fraction of sp³-hybridized carbons (Fsp3) is 0.226. The molecule has 0 bridgehead atoms. The molecule has 6 rings (SSSR count). The van der Waals surface area contributed by atoms with Crippen LogP contribution in [0.15, 0.2) is 57.7 Å². The first-order valence-electron chi connectivity index (χ1n) is 12.0. The zero-order chi connectivity index (χ0) is 24.8. The van der Waals surface area contributed by atoms with Crippen molar-refractivity contribution in [2.24, 2.45) is 0 Å². The van der Waals surface area contributed by atoms with Crippen LogP contribution < -0.4 is 0 Å². The van der Waals surface area contributed by atoms with E-state index in [1.807, 2.05) is 0 Å². The molecule has 0 radical (unpaired) electrons. The minimum Gasteiger partial charge on any atom is -0.349 e. The molecule has 4 heteroatoms. The second-order valence-corrected chi connectivity index (χ2v) is 12.2. The highest BCUT2D eigenvalue weighted by molar-refractivity contribution is 9.10. The standard InChI is InChI=1S/C31H28Br2N2/c1-15-11-21-17(3)19-7-9-27(32)34-25(19)13-23(21)29(15)31(5,6)30-16(2)12-22-18(4)20-8-10-28(33)35-26(20)14-24(22)30/h7-14,34-35H,1-6H3. The molecule has 2 heterocycles. The molecule has 0 spiro atoms. The molecule has 35 heavy (non-hydrogen) atoms. The first-order valence-corrected chi connectivity index (χ1v) is 13.6. The van der Waals surface area contributed by atoms with Gasteiger partial charge in [-0.25, -0.2) is 0 Å². The lowest BCUT2D eigenvalue weighted by atomic mass is 9.74. The molecule has 0 aliphatic rings. The van der Waals surface area contributed by atoms with Gasteiger partial charge in [0, 0.05) is 27.2 Å². The van der Waals surface area contributed by atoms with Crippen molar-refractivity contribution in [3.63, 3.8) is 0 Å². The second-order valence-electron chi connectivity index (χ2n) is 10.5. The molecule has 0 saturated carbocycles. The number of aromatic amines is 2. The van der Waals surface area contributed by atoms with Gasteiger partial charge in [0.1, 0.15) is 0 Å². The van der Waals surface area contributed by atoms with E-state index in [1.165, 1.54) is 65.7 Å². The fourth-order valence-electron chi connectivity index (χ4n) is 6.56. The summed E-state index contributed by atoms with van der Waals surface area (Å²) in [5.74, 6) is 0. The number of rotatable bonds is 2. The first kappa shape index (κ1) is 22.9. The minimum atomic E-state index is -0.171. The van der Waals surface area contributed by atoms with Gasteiger partial charge >= 0.3 is 0 Å². The van der Waals surface area contributed by atoms with Crippen LogP contribution in [0, 0.1) is 27.7 Å². The summed E-state index contributed by atoms with van der Waals surface area (Å²) < 4.78 is 1.99. The molecule has 2 aromatic heterocycles. The monoisotopic (exact) mass is 586 g/mol. The molecule has 0 aliphatic heterocycles. The van der Waals surface area contributed by atoms with Crippen LogP contribution in [0.2, 0.25) is 0 Å². The number of H-pyrrole nitrogens is 2. The molecule has 2 N–H and O–H groups in total. The van der Waals surface area contributed by atoms with Crippen molar-refractivity contribution in [3.8, 4) is 0 Å². The van der Waals surface area contributed by atoms with Gasteiger partial charge in [-0.3, -0.25) is 0 Å². The van der Waals surface area contributed by atoms with Gasteiger partial charge < -0.3 is 9.97 Å². The van der Waals surface area contributed by atoms with Crippen LogP contribution in [0.3, 0.4) is 0 Å². The third-order valence-corrected chi connectivity index (χ3v) is 8.88. The summed E-state index contributed by atoms with van der Waals surface area (Å²) in [6.07, 6.45) is 0. The number of halogens is 2. The van der Waals surface area contributed by atoms with Crippen molar-refractivity contribution in [2.75, 3.05) is 0 Å². The number of nitrogens with one attached hydrogen (secondary N) is 2. The lowest BCUT2D eigenvalue weighted by molar-refractivity contribution is 0.647. The van der Waals surface area contributed by atoms with Crippen molar-refractivity contribution >= 4 is 75.2 Å². The van der Waals surface area contributed by atoms with Crippen molar-refractivity contribution < 1.29 is 0 Å². The molecule has 0 amide bonds. The van der Waals surface area contributed by atoms with Crippen LogP contribution >= 0.6 is 31.9 Å². The summed E-state index contributed by atoms with van der Waals surface area (Å²) in [4.78, 5) is 7.05. The summed E-state index contributed by atoms with van der Waals surface area (Å²) in [6.45, 7) is 13.8. The maximum atomic E-state index is 3.62. The highest BCUT2D eigenvalue weighted by Gasteiger charge is 2.32. The van der Waals surface area contributed by atoms with E-state index in [1.54, 1.807) is 0 Å². The number of fused-ring (bicyclic) bond motifs is 4. The quantitative estimate of drug-likeness (QED) is 0.189. The van der Waals surface area contributed by atoms with Gasteiger partial charge in [0.05, 0.1) is 9.21 Å². The van der Waals surface area contributed by atoms with Crippen LogP contribution in [-0.2, 0) is 5.41 Å². The van der Waals surface area contributed by atoms with Gasteiger partial charge in [-0.05, 0) is 151 Å². The maximum absolute atomic E-state index is 3.62. The first-order chi connectivity index (χ1) is 16.6. The molecule has 2 nitrogen and oxygen atoms in total. The normalized spacial score (nSPS) is 12.6. The average molecular weight is 588 g/mol. The Hall–Kier alpha value is -2.56. The van der Waals surface area contributed by atoms with E-state index in [4.69, 9.17) is 0 Å². The van der Waals surface area contributed by atoms with Crippen molar-refractivity contribution in [2.45, 2.75) is 47.0 Å². The third kappa shape index (κ3) is 3.26. The van der Waals surface area contributed by atoms with Crippen LogP contribution in [0.1, 0.15) is 47.2 Å². The highest BCUT2D eigenvalue weighted by Crippen LogP contribution is 2.47. The Bertz CT molecular complexity index is 1700. The predicted molar refractivity (Wildman–Crippen MR) is 158 cm³/mol. The molecular weight excluding hydrogens is 560 g/mol. The number of benzene rings is 2. The van der Waals surface area contributed by atoms with E-state index in [2.05, 4.69) is 132 Å². The number of pyridine rings is 2. The Kier molecular flexibility index (Phi) is 5.04. The number of hydrogen-bond acceptors (Lipinski definition) is 0. The Morgan fingerprint density at radius 1 is 0.543 bits per heavy atom. The molecule has 0 saturated heterocycles. The van der Waals surface area contributed by atoms with E-state index in [-0.39, 0.29) is 5.41 Å². The number of aryl methyl sites for hydroxylation is 4. The van der Waals surface area contributed by atoms with Crippen molar-refractivity contribution in [1.82, 2.24) is 9.97 Å². The van der Waals surface area contributed by atoms with Gasteiger partial charge in [-0.1, -0.05) is 26.0 Å². The zero-order valence-corrected chi connectivity index (χ0v) is 24.0. The molecule has 0 fully saturated rings. The largest absolute Gasteiger partial charge is 0.349 e. The summed E-state index contributed by atoms with van der Waals surface area (Å²) in [7, 11) is 0. The summed E-state index contributed by atoms with van der Waals surface area (Å²) >= 11 is 7.24. The van der Waals surface area contributed by atoms with Gasteiger partial charge in [-0.15, -0.1) is 0 Å². The topological polar surface area (TPSA) is 31.6 Å². The summed E-state index contributed by atoms with van der Waals surface area (Å²) in [5, 5.41) is 7.92. The van der Waals surface area contributed by atoms with Gasteiger partial charge in [0.15, 0.2) is 0 Å². The van der Waals surface area contributed by atoms with Gasteiger partial charge in [0.25, 0.3) is 0 Å². The molecule has 0 unspecified atom stereocenters. The third-order valence-electron chi connectivity index (χ3n) is 7.95. The Morgan fingerprint density at radius 2 is 0.943 bits per heavy atom. The lowest BCUT2D eigenvalue weighted by Crippen LogP contribution is -2.20.